The predicted octanol–water partition coefficient (Wildman–Crippen LogP) is 6.17. The van der Waals surface area contributed by atoms with Gasteiger partial charge >= 0.3 is 7.82 Å². The molecule has 1 aliphatic carbocycles. The van der Waals surface area contributed by atoms with E-state index < -0.39 is 13.4 Å². The molecular weight excluding hydrogens is 489 g/mol. The smallest absolute Gasteiger partial charge is 0.463 e. The van der Waals surface area contributed by atoms with Crippen molar-refractivity contribution in [3.05, 3.63) is 83.8 Å². The number of ether oxygens (including phenoxy) is 1. The highest BCUT2D eigenvalue weighted by molar-refractivity contribution is 7.47. The van der Waals surface area contributed by atoms with E-state index in [1.807, 2.05) is 44.2 Å². The third-order valence-electron chi connectivity index (χ3n) is 6.91. The second-order valence-electron chi connectivity index (χ2n) is 10.0. The quantitative estimate of drug-likeness (QED) is 0.354. The van der Waals surface area contributed by atoms with Gasteiger partial charge in [-0.25, -0.2) is 14.5 Å². The van der Waals surface area contributed by atoms with E-state index in [0.29, 0.717) is 36.7 Å². The average molecular weight is 522 g/mol. The summed E-state index contributed by atoms with van der Waals surface area (Å²) in [4.78, 5) is 23.2. The van der Waals surface area contributed by atoms with E-state index in [-0.39, 0.29) is 12.7 Å². The summed E-state index contributed by atoms with van der Waals surface area (Å²) in [6.07, 6.45) is 6.59. The van der Waals surface area contributed by atoms with E-state index in [2.05, 4.69) is 34.2 Å². The monoisotopic (exact) mass is 521 g/mol. The van der Waals surface area contributed by atoms with Crippen molar-refractivity contribution in [1.82, 2.24) is 9.97 Å². The second-order valence-corrected chi connectivity index (χ2v) is 11.4. The van der Waals surface area contributed by atoms with Gasteiger partial charge < -0.3 is 9.63 Å². The maximum atomic E-state index is 12.4. The summed E-state index contributed by atoms with van der Waals surface area (Å²) < 4.78 is 29.2. The Hall–Kier alpha value is -2.90. The van der Waals surface area contributed by atoms with Crippen LogP contribution in [0.4, 0.5) is 5.69 Å². The molecular formula is C28H32N3O5P. The Morgan fingerprint density at radius 1 is 1.05 bits per heavy atom. The molecule has 1 N–H and O–H groups in total. The van der Waals surface area contributed by atoms with Crippen LogP contribution in [0, 0.1) is 0 Å². The van der Waals surface area contributed by atoms with Gasteiger partial charge in [0.1, 0.15) is 17.6 Å². The van der Waals surface area contributed by atoms with Gasteiger partial charge in [-0.05, 0) is 63.0 Å². The molecule has 1 atom stereocenters. The van der Waals surface area contributed by atoms with Crippen LogP contribution in [0.1, 0.15) is 62.1 Å². The van der Waals surface area contributed by atoms with Crippen LogP contribution >= 0.6 is 7.82 Å². The zero-order chi connectivity index (χ0) is 25.9. The molecule has 2 heterocycles. The summed E-state index contributed by atoms with van der Waals surface area (Å²) >= 11 is 0. The Bertz CT molecular complexity index is 1290. The van der Waals surface area contributed by atoms with Crippen LogP contribution in [0.15, 0.2) is 72.1 Å². The SMILES string of the molecule is CC1(C)Oc2ncncc2N=C1c1ccc(C2CCC(OP(=O)(O)OCCc3ccccc3)CC2)cc1. The van der Waals surface area contributed by atoms with E-state index >= 15 is 0 Å². The van der Waals surface area contributed by atoms with Gasteiger partial charge in [0, 0.05) is 5.56 Å². The minimum Gasteiger partial charge on any atom is -0.463 e. The van der Waals surface area contributed by atoms with Gasteiger partial charge in [0.25, 0.3) is 0 Å². The van der Waals surface area contributed by atoms with Crippen molar-refractivity contribution in [3.63, 3.8) is 0 Å². The van der Waals surface area contributed by atoms with Gasteiger partial charge in [0.2, 0.25) is 5.88 Å². The van der Waals surface area contributed by atoms with Crippen LogP contribution in [0.2, 0.25) is 0 Å². The first-order valence-electron chi connectivity index (χ1n) is 12.7. The van der Waals surface area contributed by atoms with Crippen molar-refractivity contribution < 1.29 is 23.2 Å². The maximum Gasteiger partial charge on any atom is 0.472 e. The first kappa shape index (κ1) is 25.7. The van der Waals surface area contributed by atoms with Crippen LogP contribution in [0.3, 0.4) is 0 Å². The molecule has 1 saturated carbocycles. The molecule has 0 saturated heterocycles. The van der Waals surface area contributed by atoms with Gasteiger partial charge in [0.05, 0.1) is 24.6 Å². The molecule has 2 aliphatic rings. The normalized spacial score (nSPS) is 22.3. The molecule has 0 amide bonds. The van der Waals surface area contributed by atoms with Gasteiger partial charge in [-0.2, -0.15) is 4.98 Å². The van der Waals surface area contributed by atoms with Gasteiger partial charge in [-0.3, -0.25) is 9.05 Å². The summed E-state index contributed by atoms with van der Waals surface area (Å²) in [6, 6.07) is 18.2. The zero-order valence-electron chi connectivity index (χ0n) is 21.1. The lowest BCUT2D eigenvalue weighted by Gasteiger charge is -2.32. The number of hydrogen-bond donors (Lipinski definition) is 1. The third-order valence-corrected chi connectivity index (χ3v) is 7.99. The van der Waals surface area contributed by atoms with Crippen LogP contribution < -0.4 is 4.74 Å². The van der Waals surface area contributed by atoms with Gasteiger partial charge in [-0.1, -0.05) is 54.6 Å². The largest absolute Gasteiger partial charge is 0.472 e. The topological polar surface area (TPSA) is 103 Å². The highest BCUT2D eigenvalue weighted by atomic mass is 31.2. The molecule has 0 radical (unpaired) electrons. The van der Waals surface area contributed by atoms with Crippen LogP contribution in [-0.2, 0) is 20.0 Å². The molecule has 0 spiro atoms. The van der Waals surface area contributed by atoms with Crippen molar-refractivity contribution in [2.75, 3.05) is 6.61 Å². The lowest BCUT2D eigenvalue weighted by molar-refractivity contribution is 0.0793. The van der Waals surface area contributed by atoms with Crippen LogP contribution in [-0.4, -0.2) is 38.9 Å². The number of phosphoric ester groups is 1. The summed E-state index contributed by atoms with van der Waals surface area (Å²) in [5.41, 5.74) is 4.15. The number of rotatable bonds is 8. The van der Waals surface area contributed by atoms with E-state index in [9.17, 15) is 9.46 Å². The Labute approximate surface area is 217 Å². The van der Waals surface area contributed by atoms with E-state index in [1.165, 1.54) is 11.9 Å². The fraction of sp³-hybridized carbons (Fsp3) is 0.393. The maximum absolute atomic E-state index is 12.4. The number of aliphatic imine (C=N–C) groups is 1. The molecule has 3 aromatic rings. The average Bonchev–Trinajstić information content (AvgIpc) is 2.89. The summed E-state index contributed by atoms with van der Waals surface area (Å²) in [7, 11) is -4.08. The number of fused-ring (bicyclic) bond motifs is 1. The number of benzene rings is 2. The lowest BCUT2D eigenvalue weighted by Crippen LogP contribution is -2.41. The molecule has 8 nitrogen and oxygen atoms in total. The minimum atomic E-state index is -4.08. The number of phosphoric acid groups is 1. The Balaban J connectivity index is 1.15. The molecule has 194 valence electrons. The van der Waals surface area contributed by atoms with Crippen LogP contribution in [0.5, 0.6) is 5.88 Å². The van der Waals surface area contributed by atoms with E-state index in [0.717, 1.165) is 29.7 Å². The molecule has 0 bridgehead atoms. The number of hydrogen-bond acceptors (Lipinski definition) is 7. The van der Waals surface area contributed by atoms with Crippen molar-refractivity contribution >= 4 is 19.2 Å². The minimum absolute atomic E-state index is 0.144. The lowest BCUT2D eigenvalue weighted by atomic mass is 9.82. The summed E-state index contributed by atoms with van der Waals surface area (Å²) in [6.45, 7) is 4.11. The first-order valence-corrected chi connectivity index (χ1v) is 14.2. The van der Waals surface area contributed by atoms with Crippen molar-refractivity contribution in [2.24, 2.45) is 4.99 Å². The molecule has 2 aromatic carbocycles. The van der Waals surface area contributed by atoms with E-state index in [1.54, 1.807) is 6.20 Å². The highest BCUT2D eigenvalue weighted by Crippen LogP contribution is 2.48. The molecule has 37 heavy (non-hydrogen) atoms. The molecule has 1 fully saturated rings. The molecule has 1 unspecified atom stereocenters. The first-order chi connectivity index (χ1) is 17.8. The summed E-state index contributed by atoms with van der Waals surface area (Å²) in [5, 5.41) is 0. The fourth-order valence-electron chi connectivity index (χ4n) is 4.98. The van der Waals surface area contributed by atoms with Gasteiger partial charge in [0.15, 0.2) is 0 Å². The van der Waals surface area contributed by atoms with Crippen molar-refractivity contribution in [1.29, 1.82) is 0 Å². The highest BCUT2D eigenvalue weighted by Gasteiger charge is 2.34. The predicted molar refractivity (Wildman–Crippen MR) is 141 cm³/mol. The van der Waals surface area contributed by atoms with Crippen LogP contribution in [0.25, 0.3) is 0 Å². The number of aromatic nitrogens is 2. The fourth-order valence-corrected chi connectivity index (χ4v) is 5.95. The molecule has 9 heteroatoms. The Kier molecular flexibility index (Phi) is 7.54. The third kappa shape index (κ3) is 6.33. The van der Waals surface area contributed by atoms with Crippen molar-refractivity contribution in [2.45, 2.75) is 63.6 Å². The van der Waals surface area contributed by atoms with E-state index in [4.69, 9.17) is 18.8 Å². The second kappa shape index (κ2) is 10.8. The standard InChI is InChI=1S/C28H32N3O5P/c1-28(2)26(31-25-18-29-19-30-27(25)35-28)23-10-8-21(9-11-23)22-12-14-24(15-13-22)36-37(32,33)34-17-16-20-6-4-3-5-7-20/h3-11,18-19,22,24H,12-17H2,1-2H3,(H,32,33). The number of nitrogens with zero attached hydrogens (tertiary/aromatic N) is 3. The molecule has 5 rings (SSSR count). The summed E-state index contributed by atoms with van der Waals surface area (Å²) in [5.74, 6) is 0.867. The molecule has 1 aromatic heterocycles. The zero-order valence-corrected chi connectivity index (χ0v) is 22.0. The Morgan fingerprint density at radius 2 is 1.78 bits per heavy atom. The van der Waals surface area contributed by atoms with Gasteiger partial charge in [-0.15, -0.1) is 0 Å². The molecule has 1 aliphatic heterocycles. The Morgan fingerprint density at radius 3 is 2.51 bits per heavy atom. The van der Waals surface area contributed by atoms with Crippen molar-refractivity contribution in [3.8, 4) is 5.88 Å².